The van der Waals surface area contributed by atoms with E-state index in [-0.39, 0.29) is 11.6 Å². The van der Waals surface area contributed by atoms with Crippen molar-refractivity contribution in [2.75, 3.05) is 0 Å². The minimum absolute atomic E-state index is 0.0111. The number of nitrogens with zero attached hydrogens (tertiary/aromatic N) is 1. The molecule has 1 atom stereocenters. The van der Waals surface area contributed by atoms with Crippen molar-refractivity contribution in [1.29, 1.82) is 0 Å². The van der Waals surface area contributed by atoms with Crippen molar-refractivity contribution in [3.63, 3.8) is 0 Å². The molecule has 2 aromatic rings. The zero-order valence-electron chi connectivity index (χ0n) is 16.6. The molecule has 1 aromatic heterocycles. The van der Waals surface area contributed by atoms with E-state index in [0.29, 0.717) is 29.4 Å². The second kappa shape index (κ2) is 8.39. The highest BCUT2D eigenvalue weighted by molar-refractivity contribution is 5.63. The number of aromatic nitrogens is 1. The van der Waals surface area contributed by atoms with E-state index in [1.165, 1.54) is 25.1 Å². The number of hydrogen-bond acceptors (Lipinski definition) is 3. The van der Waals surface area contributed by atoms with Gasteiger partial charge in [0.15, 0.2) is 0 Å². The molecule has 1 heterocycles. The van der Waals surface area contributed by atoms with Crippen LogP contribution in [0.15, 0.2) is 43.1 Å². The lowest BCUT2D eigenvalue weighted by molar-refractivity contribution is 0.0167. The molecule has 1 saturated carbocycles. The minimum atomic E-state index is -2.91. The Kier molecular flexibility index (Phi) is 6.14. The van der Waals surface area contributed by atoms with Gasteiger partial charge in [-0.1, -0.05) is 43.7 Å². The maximum absolute atomic E-state index is 13.9. The van der Waals surface area contributed by atoms with Gasteiger partial charge in [-0.25, -0.2) is 8.78 Å². The van der Waals surface area contributed by atoms with E-state index in [1.54, 1.807) is 6.92 Å². The fourth-order valence-electron chi connectivity index (χ4n) is 4.25. The standard InChI is InChI=1S/C23H29F2N3/c1-15-20(23(3,24)25)11-12-27-21(15)16(2)28-22(18-8-4-5-9-18)19-10-6-7-17(13-19)14-26/h6-7,10-13,18,22,28H,2,4-5,8-9,14,26H2,1,3H3. The largest absolute Gasteiger partial charge is 0.377 e. The Labute approximate surface area is 166 Å². The number of nitrogens with two attached hydrogens (primary N) is 1. The highest BCUT2D eigenvalue weighted by Gasteiger charge is 2.30. The molecule has 5 heteroatoms. The Balaban J connectivity index is 1.92. The third-order valence-electron chi connectivity index (χ3n) is 5.71. The van der Waals surface area contributed by atoms with Crippen LogP contribution < -0.4 is 11.1 Å². The summed E-state index contributed by atoms with van der Waals surface area (Å²) in [4.78, 5) is 4.34. The van der Waals surface area contributed by atoms with Gasteiger partial charge in [-0.05, 0) is 48.4 Å². The molecule has 0 bridgehead atoms. The second-order valence-electron chi connectivity index (χ2n) is 7.81. The average molecular weight is 386 g/mol. The summed E-state index contributed by atoms with van der Waals surface area (Å²) < 4.78 is 27.9. The molecule has 1 unspecified atom stereocenters. The molecular formula is C23H29F2N3. The Morgan fingerprint density at radius 1 is 1.32 bits per heavy atom. The van der Waals surface area contributed by atoms with Gasteiger partial charge in [-0.2, -0.15) is 0 Å². The molecule has 0 saturated heterocycles. The fraction of sp³-hybridized carbons (Fsp3) is 0.435. The van der Waals surface area contributed by atoms with Crippen molar-refractivity contribution >= 4 is 5.70 Å². The molecule has 1 fully saturated rings. The van der Waals surface area contributed by atoms with Crippen molar-refractivity contribution < 1.29 is 8.78 Å². The van der Waals surface area contributed by atoms with Gasteiger partial charge in [0.25, 0.3) is 5.92 Å². The Hall–Kier alpha value is -2.27. The van der Waals surface area contributed by atoms with Crippen LogP contribution in [0.5, 0.6) is 0 Å². The number of benzene rings is 1. The Morgan fingerprint density at radius 3 is 2.68 bits per heavy atom. The van der Waals surface area contributed by atoms with Crippen molar-refractivity contribution in [3.8, 4) is 0 Å². The summed E-state index contributed by atoms with van der Waals surface area (Å²) in [5.41, 5.74) is 9.59. The molecule has 0 aliphatic heterocycles. The van der Waals surface area contributed by atoms with E-state index in [9.17, 15) is 8.78 Å². The summed E-state index contributed by atoms with van der Waals surface area (Å²) in [7, 11) is 0. The lowest BCUT2D eigenvalue weighted by atomic mass is 9.90. The van der Waals surface area contributed by atoms with Crippen molar-refractivity contribution in [2.45, 2.75) is 58.0 Å². The molecule has 3 nitrogen and oxygen atoms in total. The van der Waals surface area contributed by atoms with Gasteiger partial charge >= 0.3 is 0 Å². The number of alkyl halides is 2. The molecule has 1 aromatic carbocycles. The number of hydrogen-bond donors (Lipinski definition) is 2. The molecule has 150 valence electrons. The van der Waals surface area contributed by atoms with Crippen molar-refractivity contribution in [3.05, 3.63) is 71.1 Å². The van der Waals surface area contributed by atoms with Gasteiger partial charge < -0.3 is 11.1 Å². The molecule has 28 heavy (non-hydrogen) atoms. The van der Waals surface area contributed by atoms with Gasteiger partial charge in [-0.3, -0.25) is 4.98 Å². The molecule has 3 N–H and O–H groups in total. The van der Waals surface area contributed by atoms with Crippen LogP contribution in [0.25, 0.3) is 5.70 Å². The van der Waals surface area contributed by atoms with Gasteiger partial charge in [-0.15, -0.1) is 0 Å². The number of rotatable bonds is 7. The van der Waals surface area contributed by atoms with Crippen LogP contribution in [0.4, 0.5) is 8.78 Å². The van der Waals surface area contributed by atoms with E-state index in [2.05, 4.69) is 29.0 Å². The van der Waals surface area contributed by atoms with Crippen molar-refractivity contribution in [2.24, 2.45) is 11.7 Å². The highest BCUT2D eigenvalue weighted by Crippen LogP contribution is 2.38. The maximum atomic E-state index is 13.9. The van der Waals surface area contributed by atoms with E-state index in [1.807, 2.05) is 12.1 Å². The molecule has 3 rings (SSSR count). The monoisotopic (exact) mass is 385 g/mol. The van der Waals surface area contributed by atoms with Crippen LogP contribution in [0.3, 0.4) is 0 Å². The zero-order chi connectivity index (χ0) is 20.3. The first-order valence-electron chi connectivity index (χ1n) is 9.90. The topological polar surface area (TPSA) is 50.9 Å². The molecular weight excluding hydrogens is 356 g/mol. The van der Waals surface area contributed by atoms with E-state index in [4.69, 9.17) is 5.73 Å². The van der Waals surface area contributed by atoms with Crippen LogP contribution in [0.1, 0.15) is 66.6 Å². The van der Waals surface area contributed by atoms with E-state index in [0.717, 1.165) is 30.9 Å². The molecule has 0 amide bonds. The van der Waals surface area contributed by atoms with Gasteiger partial charge in [0.1, 0.15) is 0 Å². The predicted octanol–water partition coefficient (Wildman–Crippen LogP) is 5.45. The van der Waals surface area contributed by atoms with Gasteiger partial charge in [0.05, 0.1) is 17.4 Å². The SMILES string of the molecule is C=C(NC(c1cccc(CN)c1)C1CCCC1)c1nccc(C(C)(F)F)c1C. The third-order valence-corrected chi connectivity index (χ3v) is 5.71. The van der Waals surface area contributed by atoms with Crippen LogP contribution in [0, 0.1) is 12.8 Å². The van der Waals surface area contributed by atoms with E-state index >= 15 is 0 Å². The summed E-state index contributed by atoms with van der Waals surface area (Å²) in [5.74, 6) is -2.44. The average Bonchev–Trinajstić information content (AvgIpc) is 3.19. The van der Waals surface area contributed by atoms with Gasteiger partial charge in [0.2, 0.25) is 0 Å². The smallest absolute Gasteiger partial charge is 0.270 e. The summed E-state index contributed by atoms with van der Waals surface area (Å²) in [6.45, 7) is 7.23. The van der Waals surface area contributed by atoms with Crippen LogP contribution in [-0.2, 0) is 12.5 Å². The molecule has 0 radical (unpaired) electrons. The predicted molar refractivity (Wildman–Crippen MR) is 110 cm³/mol. The number of pyridine rings is 1. The summed E-state index contributed by atoms with van der Waals surface area (Å²) in [6.07, 6.45) is 6.12. The highest BCUT2D eigenvalue weighted by atomic mass is 19.3. The first-order valence-corrected chi connectivity index (χ1v) is 9.90. The van der Waals surface area contributed by atoms with Crippen molar-refractivity contribution in [1.82, 2.24) is 10.3 Å². The lowest BCUT2D eigenvalue weighted by Crippen LogP contribution is -2.27. The first kappa shape index (κ1) is 20.5. The summed E-state index contributed by atoms with van der Waals surface area (Å²) in [6, 6.07) is 9.70. The number of halogens is 2. The zero-order valence-corrected chi connectivity index (χ0v) is 16.6. The summed E-state index contributed by atoms with van der Waals surface area (Å²) in [5, 5.41) is 3.52. The molecule has 0 spiro atoms. The van der Waals surface area contributed by atoms with Gasteiger partial charge in [0, 0.05) is 25.2 Å². The third kappa shape index (κ3) is 4.41. The van der Waals surface area contributed by atoms with Crippen LogP contribution in [-0.4, -0.2) is 4.98 Å². The van der Waals surface area contributed by atoms with Crippen LogP contribution >= 0.6 is 0 Å². The molecule has 1 aliphatic carbocycles. The van der Waals surface area contributed by atoms with Crippen LogP contribution in [0.2, 0.25) is 0 Å². The fourth-order valence-corrected chi connectivity index (χ4v) is 4.25. The number of nitrogens with one attached hydrogen (secondary N) is 1. The minimum Gasteiger partial charge on any atom is -0.377 e. The summed E-state index contributed by atoms with van der Waals surface area (Å²) >= 11 is 0. The molecule has 1 aliphatic rings. The van der Waals surface area contributed by atoms with E-state index < -0.39 is 5.92 Å². The lowest BCUT2D eigenvalue weighted by Gasteiger charge is -2.28. The Morgan fingerprint density at radius 2 is 2.04 bits per heavy atom. The normalized spacial score (nSPS) is 16.2. The Bertz CT molecular complexity index is 836. The maximum Gasteiger partial charge on any atom is 0.270 e. The first-order chi connectivity index (χ1) is 13.3. The quantitative estimate of drug-likeness (QED) is 0.666. The second-order valence-corrected chi connectivity index (χ2v) is 7.81.